The number of benzene rings is 1. The lowest BCUT2D eigenvalue weighted by Crippen LogP contribution is -2.21. The Morgan fingerprint density at radius 2 is 2.20 bits per heavy atom. The van der Waals surface area contributed by atoms with Gasteiger partial charge in [0.15, 0.2) is 0 Å². The number of para-hydroxylation sites is 2. The largest absolute Gasteiger partial charge is 0.324 e. The first kappa shape index (κ1) is 13.4. The smallest absolute Gasteiger partial charge is 0.110 e. The minimum absolute atomic E-state index is 0.737. The van der Waals surface area contributed by atoms with Crippen molar-refractivity contribution < 1.29 is 0 Å². The van der Waals surface area contributed by atoms with Crippen molar-refractivity contribution in [2.75, 3.05) is 6.54 Å². The highest BCUT2D eigenvalue weighted by Crippen LogP contribution is 2.20. The van der Waals surface area contributed by atoms with Crippen LogP contribution >= 0.6 is 0 Å². The van der Waals surface area contributed by atoms with Crippen LogP contribution in [-0.4, -0.2) is 22.1 Å². The molecular weight excluding hydrogens is 246 g/mol. The minimum Gasteiger partial charge on any atom is -0.324 e. The molecule has 2 aromatic rings. The standard InChI is InChI=1S/C17H23N3/c1-3-6-17-19-15-7-4-5-8-16(15)20(17)12-13(2)11-18-14-9-10-14/h4-5,7-8,14,18H,2-3,6,9-12H2,1H3. The quantitative estimate of drug-likeness (QED) is 0.782. The zero-order chi connectivity index (χ0) is 13.9. The number of nitrogens with zero attached hydrogens (tertiary/aromatic N) is 2. The highest BCUT2D eigenvalue weighted by molar-refractivity contribution is 5.76. The van der Waals surface area contributed by atoms with E-state index in [0.29, 0.717) is 0 Å². The molecule has 3 nitrogen and oxygen atoms in total. The van der Waals surface area contributed by atoms with Gasteiger partial charge in [-0.3, -0.25) is 0 Å². The van der Waals surface area contributed by atoms with Gasteiger partial charge in [0.05, 0.1) is 11.0 Å². The number of hydrogen-bond acceptors (Lipinski definition) is 2. The Kier molecular flexibility index (Phi) is 3.88. The summed E-state index contributed by atoms with van der Waals surface area (Å²) in [5.74, 6) is 1.18. The first-order chi connectivity index (χ1) is 9.78. The fraction of sp³-hybridized carbons (Fsp3) is 0.471. The number of rotatable bonds is 7. The van der Waals surface area contributed by atoms with Crippen molar-refractivity contribution in [1.29, 1.82) is 0 Å². The topological polar surface area (TPSA) is 29.9 Å². The molecule has 1 aliphatic rings. The second-order valence-electron chi connectivity index (χ2n) is 5.76. The molecule has 0 spiro atoms. The van der Waals surface area contributed by atoms with Crippen LogP contribution in [0.2, 0.25) is 0 Å². The van der Waals surface area contributed by atoms with Gasteiger partial charge in [0.25, 0.3) is 0 Å². The van der Waals surface area contributed by atoms with E-state index in [0.717, 1.165) is 37.5 Å². The van der Waals surface area contributed by atoms with Crippen molar-refractivity contribution in [1.82, 2.24) is 14.9 Å². The SMILES string of the molecule is C=C(CNC1CC1)Cn1c(CCC)nc2ccccc21. The number of fused-ring (bicyclic) bond motifs is 1. The molecule has 20 heavy (non-hydrogen) atoms. The molecule has 1 aromatic heterocycles. The van der Waals surface area contributed by atoms with Crippen LogP contribution in [0.5, 0.6) is 0 Å². The lowest BCUT2D eigenvalue weighted by molar-refractivity contribution is 0.664. The highest BCUT2D eigenvalue weighted by Gasteiger charge is 2.20. The molecule has 106 valence electrons. The summed E-state index contributed by atoms with van der Waals surface area (Å²) in [6.45, 7) is 8.22. The third-order valence-corrected chi connectivity index (χ3v) is 3.81. The van der Waals surface area contributed by atoms with Crippen LogP contribution in [0.3, 0.4) is 0 Å². The predicted molar refractivity (Wildman–Crippen MR) is 83.9 cm³/mol. The van der Waals surface area contributed by atoms with Gasteiger partial charge in [0.1, 0.15) is 5.82 Å². The van der Waals surface area contributed by atoms with E-state index in [9.17, 15) is 0 Å². The Bertz CT molecular complexity index is 608. The van der Waals surface area contributed by atoms with Crippen LogP contribution < -0.4 is 5.32 Å². The fourth-order valence-corrected chi connectivity index (χ4v) is 2.57. The fourth-order valence-electron chi connectivity index (χ4n) is 2.57. The molecule has 3 rings (SSSR count). The second-order valence-corrected chi connectivity index (χ2v) is 5.76. The Labute approximate surface area is 120 Å². The van der Waals surface area contributed by atoms with Crippen molar-refractivity contribution >= 4 is 11.0 Å². The summed E-state index contributed by atoms with van der Waals surface area (Å²) in [5.41, 5.74) is 3.56. The maximum absolute atomic E-state index is 4.76. The third-order valence-electron chi connectivity index (χ3n) is 3.81. The molecule has 0 amide bonds. The van der Waals surface area contributed by atoms with Crippen molar-refractivity contribution in [3.05, 3.63) is 42.2 Å². The van der Waals surface area contributed by atoms with Gasteiger partial charge >= 0.3 is 0 Å². The first-order valence-electron chi connectivity index (χ1n) is 7.62. The van der Waals surface area contributed by atoms with Crippen molar-refractivity contribution in [2.45, 2.75) is 45.2 Å². The summed E-state index contributed by atoms with van der Waals surface area (Å²) in [4.78, 5) is 4.76. The molecule has 1 fully saturated rings. The van der Waals surface area contributed by atoms with E-state index >= 15 is 0 Å². The van der Waals surface area contributed by atoms with Gasteiger partial charge in [-0.2, -0.15) is 0 Å². The summed E-state index contributed by atoms with van der Waals surface area (Å²) in [7, 11) is 0. The molecule has 0 atom stereocenters. The van der Waals surface area contributed by atoms with E-state index in [4.69, 9.17) is 4.98 Å². The maximum atomic E-state index is 4.76. The average molecular weight is 269 g/mol. The third kappa shape index (κ3) is 2.93. The van der Waals surface area contributed by atoms with E-state index in [1.165, 1.54) is 29.8 Å². The Balaban J connectivity index is 1.79. The molecular formula is C17H23N3. The van der Waals surface area contributed by atoms with Crippen LogP contribution in [0.4, 0.5) is 0 Å². The summed E-state index contributed by atoms with van der Waals surface area (Å²) >= 11 is 0. The van der Waals surface area contributed by atoms with E-state index in [1.807, 2.05) is 0 Å². The zero-order valence-electron chi connectivity index (χ0n) is 12.2. The molecule has 1 heterocycles. The van der Waals surface area contributed by atoms with Gasteiger partial charge < -0.3 is 9.88 Å². The lowest BCUT2D eigenvalue weighted by atomic mass is 10.2. The van der Waals surface area contributed by atoms with Crippen LogP contribution in [0.25, 0.3) is 11.0 Å². The molecule has 1 N–H and O–H groups in total. The summed E-state index contributed by atoms with van der Waals surface area (Å²) in [6, 6.07) is 9.13. The highest BCUT2D eigenvalue weighted by atomic mass is 15.1. The van der Waals surface area contributed by atoms with Gasteiger partial charge in [-0.25, -0.2) is 4.98 Å². The normalized spacial score (nSPS) is 14.8. The van der Waals surface area contributed by atoms with E-state index in [1.54, 1.807) is 0 Å². The molecule has 0 unspecified atom stereocenters. The minimum atomic E-state index is 0.737. The molecule has 3 heteroatoms. The predicted octanol–water partition coefficient (Wildman–Crippen LogP) is 3.30. The summed E-state index contributed by atoms with van der Waals surface area (Å²) in [6.07, 6.45) is 4.79. The molecule has 1 aromatic carbocycles. The van der Waals surface area contributed by atoms with Gasteiger partial charge in [0, 0.05) is 25.6 Å². The molecule has 0 radical (unpaired) electrons. The van der Waals surface area contributed by atoms with Gasteiger partial charge in [-0.05, 0) is 37.0 Å². The molecule has 0 saturated heterocycles. The van der Waals surface area contributed by atoms with Crippen molar-refractivity contribution in [2.24, 2.45) is 0 Å². The Hall–Kier alpha value is -1.61. The zero-order valence-corrected chi connectivity index (χ0v) is 12.2. The van der Waals surface area contributed by atoms with Crippen molar-refractivity contribution in [3.8, 4) is 0 Å². The van der Waals surface area contributed by atoms with Crippen molar-refractivity contribution in [3.63, 3.8) is 0 Å². The Morgan fingerprint density at radius 1 is 1.40 bits per heavy atom. The van der Waals surface area contributed by atoms with Crippen LogP contribution in [0.15, 0.2) is 36.4 Å². The second kappa shape index (κ2) is 5.80. The number of hydrogen-bond donors (Lipinski definition) is 1. The van der Waals surface area contributed by atoms with E-state index < -0.39 is 0 Å². The van der Waals surface area contributed by atoms with Crippen LogP contribution in [0.1, 0.15) is 32.0 Å². The van der Waals surface area contributed by atoms with Crippen LogP contribution in [-0.2, 0) is 13.0 Å². The van der Waals surface area contributed by atoms with E-state index in [2.05, 4.69) is 47.7 Å². The summed E-state index contributed by atoms with van der Waals surface area (Å²) < 4.78 is 2.33. The number of aryl methyl sites for hydroxylation is 1. The summed E-state index contributed by atoms with van der Waals surface area (Å²) in [5, 5.41) is 3.54. The number of nitrogens with one attached hydrogen (secondary N) is 1. The number of imidazole rings is 1. The molecule has 1 saturated carbocycles. The monoisotopic (exact) mass is 269 g/mol. The van der Waals surface area contributed by atoms with E-state index in [-0.39, 0.29) is 0 Å². The molecule has 0 bridgehead atoms. The number of aromatic nitrogens is 2. The van der Waals surface area contributed by atoms with Gasteiger partial charge in [-0.15, -0.1) is 0 Å². The molecule has 0 aliphatic heterocycles. The lowest BCUT2D eigenvalue weighted by Gasteiger charge is -2.12. The average Bonchev–Trinajstić information content (AvgIpc) is 3.22. The first-order valence-corrected chi connectivity index (χ1v) is 7.62. The maximum Gasteiger partial charge on any atom is 0.110 e. The van der Waals surface area contributed by atoms with Gasteiger partial charge in [0.2, 0.25) is 0 Å². The van der Waals surface area contributed by atoms with Gasteiger partial charge in [-0.1, -0.05) is 25.6 Å². The van der Waals surface area contributed by atoms with Crippen LogP contribution in [0, 0.1) is 0 Å². The molecule has 1 aliphatic carbocycles. The Morgan fingerprint density at radius 3 is 2.95 bits per heavy atom.